The Bertz CT molecular complexity index is 691. The minimum atomic E-state index is -4.72. The fraction of sp³-hybridized carbons (Fsp3) is 0.417. The number of hydrogen-bond donors (Lipinski definition) is 1. The molecule has 1 N–H and O–H groups in total. The summed E-state index contributed by atoms with van der Waals surface area (Å²) < 4.78 is 40.6. The average molecular weight is 336 g/mol. The molecule has 2 aromatic rings. The van der Waals surface area contributed by atoms with Gasteiger partial charge in [0.05, 0.1) is 12.2 Å². The molecule has 120 valence electrons. The molecule has 2 aromatic heterocycles. The Balaban J connectivity index is 2.14. The zero-order valence-electron chi connectivity index (χ0n) is 11.8. The lowest BCUT2D eigenvalue weighted by Gasteiger charge is -2.04. The largest absolute Gasteiger partial charge is 0.436 e. The highest BCUT2D eigenvalue weighted by atomic mass is 35.5. The van der Waals surface area contributed by atoms with Crippen molar-refractivity contribution in [2.45, 2.75) is 26.2 Å². The molecule has 22 heavy (non-hydrogen) atoms. The molecule has 0 spiro atoms. The van der Waals surface area contributed by atoms with E-state index < -0.39 is 22.8 Å². The Morgan fingerprint density at radius 2 is 2.09 bits per heavy atom. The molecule has 6 nitrogen and oxygen atoms in total. The number of carbonyl (C=O) groups is 1. The topological polar surface area (TPSA) is 64.7 Å². The summed E-state index contributed by atoms with van der Waals surface area (Å²) in [4.78, 5) is 12.0. The maximum absolute atomic E-state index is 12.7. The van der Waals surface area contributed by atoms with Crippen molar-refractivity contribution in [3.63, 3.8) is 0 Å². The quantitative estimate of drug-likeness (QED) is 0.932. The molecule has 0 unspecified atom stereocenters. The number of aromatic nitrogens is 4. The second-order valence-corrected chi connectivity index (χ2v) is 4.86. The summed E-state index contributed by atoms with van der Waals surface area (Å²) in [5.41, 5.74) is -1.04. The minimum Gasteiger partial charge on any atom is -0.345 e. The van der Waals surface area contributed by atoms with Gasteiger partial charge < -0.3 is 5.32 Å². The molecule has 0 atom stereocenters. The summed E-state index contributed by atoms with van der Waals surface area (Å²) >= 11 is 5.63. The Labute approximate surface area is 128 Å². The van der Waals surface area contributed by atoms with Crippen molar-refractivity contribution in [3.8, 4) is 0 Å². The summed E-state index contributed by atoms with van der Waals surface area (Å²) in [5, 5.41) is 9.16. The van der Waals surface area contributed by atoms with Crippen LogP contribution in [0.4, 0.5) is 13.2 Å². The van der Waals surface area contributed by atoms with Crippen LogP contribution in [0, 0.1) is 0 Å². The Morgan fingerprint density at radius 3 is 2.59 bits per heavy atom. The van der Waals surface area contributed by atoms with Crippen LogP contribution in [0.5, 0.6) is 0 Å². The van der Waals surface area contributed by atoms with Gasteiger partial charge in [-0.05, 0) is 13.0 Å². The van der Waals surface area contributed by atoms with Gasteiger partial charge in [-0.2, -0.15) is 23.4 Å². The lowest BCUT2D eigenvalue weighted by atomic mass is 10.3. The van der Waals surface area contributed by atoms with Gasteiger partial charge in [-0.25, -0.2) is 0 Å². The molecule has 0 radical (unpaired) electrons. The van der Waals surface area contributed by atoms with E-state index in [4.69, 9.17) is 11.6 Å². The predicted octanol–water partition coefficient (Wildman–Crippen LogP) is 2.24. The van der Waals surface area contributed by atoms with Gasteiger partial charge in [-0.1, -0.05) is 11.6 Å². The first-order valence-electron chi connectivity index (χ1n) is 6.34. The van der Waals surface area contributed by atoms with Crippen LogP contribution >= 0.6 is 11.6 Å². The third-order valence-electron chi connectivity index (χ3n) is 2.92. The van der Waals surface area contributed by atoms with Gasteiger partial charge >= 0.3 is 6.18 Å². The Morgan fingerprint density at radius 1 is 1.41 bits per heavy atom. The van der Waals surface area contributed by atoms with E-state index in [-0.39, 0.29) is 12.2 Å². The van der Waals surface area contributed by atoms with Gasteiger partial charge in [0, 0.05) is 19.8 Å². The molecule has 0 aliphatic heterocycles. The predicted molar refractivity (Wildman–Crippen MR) is 72.3 cm³/mol. The molecule has 0 aliphatic rings. The number of amides is 1. The first kappa shape index (κ1) is 16.3. The number of rotatable bonds is 4. The van der Waals surface area contributed by atoms with Gasteiger partial charge in [0.25, 0.3) is 5.91 Å². The van der Waals surface area contributed by atoms with Crippen LogP contribution in [0.1, 0.15) is 28.8 Å². The van der Waals surface area contributed by atoms with Crippen molar-refractivity contribution < 1.29 is 18.0 Å². The van der Waals surface area contributed by atoms with E-state index in [0.29, 0.717) is 12.2 Å². The molecule has 2 rings (SSSR count). The molecule has 0 aliphatic carbocycles. The van der Waals surface area contributed by atoms with Crippen LogP contribution < -0.4 is 5.32 Å². The highest BCUT2D eigenvalue weighted by molar-refractivity contribution is 6.34. The molecule has 10 heteroatoms. The summed E-state index contributed by atoms with van der Waals surface area (Å²) in [6.45, 7) is 2.66. The summed E-state index contributed by atoms with van der Waals surface area (Å²) in [5.74, 6) is -0.749. The summed E-state index contributed by atoms with van der Waals surface area (Å²) in [6.07, 6.45) is -2.98. The second kappa shape index (κ2) is 5.99. The van der Waals surface area contributed by atoms with E-state index in [1.165, 1.54) is 7.05 Å². The highest BCUT2D eigenvalue weighted by Crippen LogP contribution is 2.35. The second-order valence-electron chi connectivity index (χ2n) is 4.48. The van der Waals surface area contributed by atoms with Crippen molar-refractivity contribution in [1.82, 2.24) is 24.9 Å². The van der Waals surface area contributed by atoms with Crippen LogP contribution in [0.2, 0.25) is 5.02 Å². The van der Waals surface area contributed by atoms with Crippen molar-refractivity contribution in [3.05, 3.63) is 34.4 Å². The van der Waals surface area contributed by atoms with Crippen LogP contribution in [0.3, 0.4) is 0 Å². The van der Waals surface area contributed by atoms with Crippen LogP contribution in [0.25, 0.3) is 0 Å². The number of halogens is 4. The number of nitrogens with zero attached hydrogens (tertiary/aromatic N) is 4. The molecule has 0 saturated carbocycles. The fourth-order valence-corrected chi connectivity index (χ4v) is 2.21. The number of carbonyl (C=O) groups excluding carboxylic acids is 1. The van der Waals surface area contributed by atoms with E-state index in [9.17, 15) is 18.0 Å². The van der Waals surface area contributed by atoms with Crippen molar-refractivity contribution in [2.75, 3.05) is 0 Å². The zero-order valence-corrected chi connectivity index (χ0v) is 12.5. The maximum Gasteiger partial charge on any atom is 0.436 e. The third kappa shape index (κ3) is 3.24. The highest BCUT2D eigenvalue weighted by Gasteiger charge is 2.39. The average Bonchev–Trinajstić information content (AvgIpc) is 3.00. The zero-order chi connectivity index (χ0) is 16.5. The van der Waals surface area contributed by atoms with E-state index in [2.05, 4.69) is 15.5 Å². The first-order valence-corrected chi connectivity index (χ1v) is 6.72. The lowest BCUT2D eigenvalue weighted by Crippen LogP contribution is -2.25. The molecule has 1 amide bonds. The van der Waals surface area contributed by atoms with E-state index >= 15 is 0 Å². The number of hydrogen-bond acceptors (Lipinski definition) is 3. The number of aryl methyl sites for hydroxylation is 2. The molecule has 0 bridgehead atoms. The molecule has 2 heterocycles. The summed E-state index contributed by atoms with van der Waals surface area (Å²) in [7, 11) is 1.22. The minimum absolute atomic E-state index is 0.0781. The van der Waals surface area contributed by atoms with Gasteiger partial charge in [0.2, 0.25) is 0 Å². The molecular formula is C12H13ClF3N5O. The smallest absolute Gasteiger partial charge is 0.345 e. The molecule has 0 aromatic carbocycles. The van der Waals surface area contributed by atoms with Gasteiger partial charge in [-0.15, -0.1) is 0 Å². The van der Waals surface area contributed by atoms with Gasteiger partial charge in [-0.3, -0.25) is 14.2 Å². The molecule has 0 saturated heterocycles. The summed E-state index contributed by atoms with van der Waals surface area (Å²) in [6, 6.07) is 1.70. The number of alkyl halides is 3. The van der Waals surface area contributed by atoms with Crippen molar-refractivity contribution in [1.29, 1.82) is 0 Å². The van der Waals surface area contributed by atoms with Crippen LogP contribution in [0.15, 0.2) is 12.3 Å². The van der Waals surface area contributed by atoms with E-state index in [0.717, 1.165) is 4.68 Å². The van der Waals surface area contributed by atoms with Crippen molar-refractivity contribution >= 4 is 17.5 Å². The Kier molecular flexibility index (Phi) is 4.45. The van der Waals surface area contributed by atoms with E-state index in [1.807, 2.05) is 6.92 Å². The van der Waals surface area contributed by atoms with Gasteiger partial charge in [0.15, 0.2) is 5.69 Å². The first-order chi connectivity index (χ1) is 10.2. The van der Waals surface area contributed by atoms with Crippen molar-refractivity contribution in [2.24, 2.45) is 7.05 Å². The van der Waals surface area contributed by atoms with Crippen LogP contribution in [-0.2, 0) is 26.3 Å². The van der Waals surface area contributed by atoms with Crippen LogP contribution in [-0.4, -0.2) is 25.5 Å². The van der Waals surface area contributed by atoms with Gasteiger partial charge in [0.1, 0.15) is 10.7 Å². The molecule has 0 fully saturated rings. The SMILES string of the molecule is CCn1ccc(CNC(=O)c2c(Cl)c(C(F)(F)F)nn2C)n1. The Hall–Kier alpha value is -2.03. The van der Waals surface area contributed by atoms with E-state index in [1.54, 1.807) is 16.9 Å². The normalized spacial score (nSPS) is 11.7. The third-order valence-corrected chi connectivity index (χ3v) is 3.28. The maximum atomic E-state index is 12.7. The fourth-order valence-electron chi connectivity index (χ4n) is 1.85. The molecular weight excluding hydrogens is 323 g/mol. The lowest BCUT2D eigenvalue weighted by molar-refractivity contribution is -0.141. The number of nitrogens with one attached hydrogen (secondary N) is 1. The monoisotopic (exact) mass is 335 g/mol. The standard InChI is InChI=1S/C12H13ClF3N5O/c1-3-21-5-4-7(18-21)6-17-11(22)9-8(13)10(12(14,15)16)19-20(9)2/h4-5H,3,6H2,1-2H3,(H,17,22).